The van der Waals surface area contributed by atoms with Crippen LogP contribution in [0.1, 0.15) is 24.7 Å². The van der Waals surface area contributed by atoms with Gasteiger partial charge in [-0.15, -0.1) is 0 Å². The maximum absolute atomic E-state index is 12.4. The van der Waals surface area contributed by atoms with Gasteiger partial charge in [-0.1, -0.05) is 6.92 Å². The number of nitrogens with zero attached hydrogens (tertiary/aromatic N) is 3. The molecular weight excluding hydrogens is 252 g/mol. The lowest BCUT2D eigenvalue weighted by molar-refractivity contribution is 0.467. The summed E-state index contributed by atoms with van der Waals surface area (Å²) in [7, 11) is -1.86. The standard InChI is InChI=1S/C11H22N4O2S/c1-5-7-14(4)18(16,17)11-9(2)13-15(8-6-12)10(11)3/h5-8,12H2,1-4H3. The lowest BCUT2D eigenvalue weighted by Gasteiger charge is -2.16. The maximum Gasteiger partial charge on any atom is 0.246 e. The molecule has 6 nitrogen and oxygen atoms in total. The van der Waals surface area contributed by atoms with E-state index >= 15 is 0 Å². The van der Waals surface area contributed by atoms with E-state index in [0.29, 0.717) is 35.9 Å². The van der Waals surface area contributed by atoms with Gasteiger partial charge >= 0.3 is 0 Å². The van der Waals surface area contributed by atoms with E-state index in [1.165, 1.54) is 4.31 Å². The first-order chi connectivity index (χ1) is 8.36. The van der Waals surface area contributed by atoms with E-state index in [1.54, 1.807) is 25.6 Å². The minimum Gasteiger partial charge on any atom is -0.329 e. The quantitative estimate of drug-likeness (QED) is 0.818. The normalized spacial score (nSPS) is 12.3. The molecule has 0 amide bonds. The van der Waals surface area contributed by atoms with Crippen LogP contribution in [0.25, 0.3) is 0 Å². The average Bonchev–Trinajstić information content (AvgIpc) is 2.55. The van der Waals surface area contributed by atoms with Crippen molar-refractivity contribution >= 4 is 10.0 Å². The van der Waals surface area contributed by atoms with Gasteiger partial charge in [0.1, 0.15) is 4.90 Å². The third-order valence-corrected chi connectivity index (χ3v) is 4.97. The summed E-state index contributed by atoms with van der Waals surface area (Å²) in [6, 6.07) is 0. The van der Waals surface area contributed by atoms with Crippen LogP contribution < -0.4 is 5.73 Å². The van der Waals surface area contributed by atoms with Crippen molar-refractivity contribution in [2.75, 3.05) is 20.1 Å². The van der Waals surface area contributed by atoms with Gasteiger partial charge in [0.2, 0.25) is 10.0 Å². The van der Waals surface area contributed by atoms with Crippen LogP contribution in [0.2, 0.25) is 0 Å². The number of hydrogen-bond donors (Lipinski definition) is 1. The monoisotopic (exact) mass is 274 g/mol. The molecule has 0 unspecified atom stereocenters. The van der Waals surface area contributed by atoms with Gasteiger partial charge in [-0.2, -0.15) is 5.10 Å². The van der Waals surface area contributed by atoms with Crippen molar-refractivity contribution < 1.29 is 8.42 Å². The SMILES string of the molecule is CCCN(C)S(=O)(=O)c1c(C)nn(CCN)c1C. The first-order valence-corrected chi connectivity index (χ1v) is 7.50. The summed E-state index contributed by atoms with van der Waals surface area (Å²) in [5, 5.41) is 4.24. The number of sulfonamides is 1. The molecule has 0 aromatic carbocycles. The van der Waals surface area contributed by atoms with E-state index in [0.717, 1.165) is 6.42 Å². The highest BCUT2D eigenvalue weighted by molar-refractivity contribution is 7.89. The van der Waals surface area contributed by atoms with E-state index in [2.05, 4.69) is 5.10 Å². The van der Waals surface area contributed by atoms with Gasteiger partial charge in [0, 0.05) is 20.1 Å². The molecule has 0 spiro atoms. The summed E-state index contributed by atoms with van der Waals surface area (Å²) in [6.45, 7) is 6.90. The largest absolute Gasteiger partial charge is 0.329 e. The number of nitrogens with two attached hydrogens (primary N) is 1. The highest BCUT2D eigenvalue weighted by Gasteiger charge is 2.27. The predicted octanol–water partition coefficient (Wildman–Crippen LogP) is 0.489. The summed E-state index contributed by atoms with van der Waals surface area (Å²) in [6.07, 6.45) is 0.783. The van der Waals surface area contributed by atoms with Crippen molar-refractivity contribution in [3.63, 3.8) is 0 Å². The second-order valence-corrected chi connectivity index (χ2v) is 6.32. The molecule has 0 saturated heterocycles. The molecule has 0 radical (unpaired) electrons. The van der Waals surface area contributed by atoms with Crippen molar-refractivity contribution in [1.29, 1.82) is 0 Å². The van der Waals surface area contributed by atoms with Crippen molar-refractivity contribution in [3.8, 4) is 0 Å². The third kappa shape index (κ3) is 2.73. The van der Waals surface area contributed by atoms with Crippen LogP contribution in [-0.4, -0.2) is 42.6 Å². The van der Waals surface area contributed by atoms with Gasteiger partial charge in [0.25, 0.3) is 0 Å². The number of rotatable bonds is 6. The number of hydrogen-bond acceptors (Lipinski definition) is 4. The van der Waals surface area contributed by atoms with Crippen molar-refractivity contribution in [2.24, 2.45) is 5.73 Å². The summed E-state index contributed by atoms with van der Waals surface area (Å²) in [5.41, 5.74) is 6.67. The molecule has 1 rings (SSSR count). The Morgan fingerprint density at radius 1 is 1.39 bits per heavy atom. The van der Waals surface area contributed by atoms with E-state index in [-0.39, 0.29) is 0 Å². The molecule has 0 atom stereocenters. The second kappa shape index (κ2) is 5.81. The van der Waals surface area contributed by atoms with Gasteiger partial charge in [-0.3, -0.25) is 4.68 Å². The molecule has 0 aliphatic rings. The summed E-state index contributed by atoms with van der Waals surface area (Å²) in [4.78, 5) is 0.312. The Morgan fingerprint density at radius 3 is 2.50 bits per heavy atom. The van der Waals surface area contributed by atoms with Crippen LogP contribution in [0.4, 0.5) is 0 Å². The molecular formula is C11H22N4O2S. The van der Waals surface area contributed by atoms with Gasteiger partial charge in [0.15, 0.2) is 0 Å². The molecule has 0 saturated carbocycles. The molecule has 7 heteroatoms. The summed E-state index contributed by atoms with van der Waals surface area (Å²) < 4.78 is 27.9. The average molecular weight is 274 g/mol. The van der Waals surface area contributed by atoms with Crippen LogP contribution in [-0.2, 0) is 16.6 Å². The Labute approximate surface area is 109 Å². The van der Waals surface area contributed by atoms with Crippen LogP contribution in [0, 0.1) is 13.8 Å². The molecule has 0 aliphatic carbocycles. The fourth-order valence-electron chi connectivity index (χ4n) is 1.98. The van der Waals surface area contributed by atoms with Crippen LogP contribution in [0.5, 0.6) is 0 Å². The Kier molecular flexibility index (Phi) is 4.89. The third-order valence-electron chi connectivity index (χ3n) is 2.86. The lowest BCUT2D eigenvalue weighted by Crippen LogP contribution is -2.28. The minimum atomic E-state index is -3.45. The van der Waals surface area contributed by atoms with Gasteiger partial charge in [-0.05, 0) is 20.3 Å². The Morgan fingerprint density at radius 2 is 2.00 bits per heavy atom. The Bertz CT molecular complexity index is 507. The minimum absolute atomic E-state index is 0.312. The first-order valence-electron chi connectivity index (χ1n) is 6.06. The summed E-state index contributed by atoms with van der Waals surface area (Å²) >= 11 is 0. The Hall–Kier alpha value is -0.920. The highest BCUT2D eigenvalue weighted by Crippen LogP contribution is 2.22. The molecule has 104 valence electrons. The zero-order valence-corrected chi connectivity index (χ0v) is 12.3. The van der Waals surface area contributed by atoms with Crippen molar-refractivity contribution in [2.45, 2.75) is 38.6 Å². The molecule has 1 aromatic heterocycles. The molecule has 0 fully saturated rings. The van der Waals surface area contributed by atoms with Gasteiger partial charge in [0.05, 0.1) is 17.9 Å². The molecule has 1 aromatic rings. The van der Waals surface area contributed by atoms with E-state index in [4.69, 9.17) is 5.73 Å². The highest BCUT2D eigenvalue weighted by atomic mass is 32.2. The Balaban J connectivity index is 3.24. The topological polar surface area (TPSA) is 81.2 Å². The van der Waals surface area contributed by atoms with Crippen molar-refractivity contribution in [3.05, 3.63) is 11.4 Å². The maximum atomic E-state index is 12.4. The molecule has 1 heterocycles. The lowest BCUT2D eigenvalue weighted by atomic mass is 10.4. The fraction of sp³-hybridized carbons (Fsp3) is 0.727. The molecule has 0 bridgehead atoms. The number of aromatic nitrogens is 2. The fourth-order valence-corrected chi connectivity index (χ4v) is 3.61. The van der Waals surface area contributed by atoms with E-state index < -0.39 is 10.0 Å². The smallest absolute Gasteiger partial charge is 0.246 e. The van der Waals surface area contributed by atoms with Gasteiger partial charge < -0.3 is 5.73 Å². The second-order valence-electron chi connectivity index (χ2n) is 4.34. The zero-order valence-electron chi connectivity index (χ0n) is 11.5. The van der Waals surface area contributed by atoms with Crippen LogP contribution >= 0.6 is 0 Å². The first kappa shape index (κ1) is 15.1. The van der Waals surface area contributed by atoms with Crippen LogP contribution in [0.3, 0.4) is 0 Å². The molecule has 18 heavy (non-hydrogen) atoms. The van der Waals surface area contributed by atoms with E-state index in [1.807, 2.05) is 6.92 Å². The van der Waals surface area contributed by atoms with Crippen LogP contribution in [0.15, 0.2) is 4.90 Å². The number of aryl methyl sites for hydroxylation is 1. The molecule has 0 aliphatic heterocycles. The zero-order chi connectivity index (χ0) is 13.9. The predicted molar refractivity (Wildman–Crippen MR) is 70.9 cm³/mol. The summed E-state index contributed by atoms with van der Waals surface area (Å²) in [5.74, 6) is 0. The van der Waals surface area contributed by atoms with Gasteiger partial charge in [-0.25, -0.2) is 12.7 Å². The molecule has 2 N–H and O–H groups in total. The van der Waals surface area contributed by atoms with E-state index in [9.17, 15) is 8.42 Å². The van der Waals surface area contributed by atoms with Crippen molar-refractivity contribution in [1.82, 2.24) is 14.1 Å².